The van der Waals surface area contributed by atoms with Crippen molar-refractivity contribution in [3.63, 3.8) is 0 Å². The number of hydrogen-bond donors (Lipinski definition) is 0. The summed E-state index contributed by atoms with van der Waals surface area (Å²) in [5.41, 5.74) is 8.46. The van der Waals surface area contributed by atoms with E-state index in [1.165, 1.54) is 0 Å². The molecular weight excluding hydrogens is 272 g/mol. The van der Waals surface area contributed by atoms with E-state index in [0.717, 1.165) is 35.5 Å². The Morgan fingerprint density at radius 1 is 0.550 bits per heavy atom. The minimum absolute atomic E-state index is 0.545. The molecule has 6 rings (SSSR count). The Morgan fingerprint density at radius 2 is 0.800 bits per heavy atom. The number of hydrogen-bond acceptors (Lipinski definition) is 0. The highest BCUT2D eigenvalue weighted by atomic mass is 28.3. The predicted molar refractivity (Wildman–Crippen MR) is 88.1 cm³/mol. The molecule has 0 radical (unpaired) electrons. The van der Waals surface area contributed by atoms with Gasteiger partial charge < -0.3 is 0 Å². The third kappa shape index (κ3) is 0.889. The molecule has 0 heterocycles. The van der Waals surface area contributed by atoms with Gasteiger partial charge in [-0.2, -0.15) is 0 Å². The van der Waals surface area contributed by atoms with Gasteiger partial charge in [-0.1, -0.05) is 39.3 Å². The average Bonchev–Trinajstić information content (AvgIpc) is 2.32. The van der Waals surface area contributed by atoms with Crippen molar-refractivity contribution < 1.29 is 0 Å². The molecule has 0 aliphatic heterocycles. The van der Waals surface area contributed by atoms with Crippen LogP contribution in [0.5, 0.6) is 0 Å². The summed E-state index contributed by atoms with van der Waals surface area (Å²) in [7, 11) is -2.39. The molecule has 0 atom stereocenters. The zero-order valence-corrected chi connectivity index (χ0v) is 15.5. The molecule has 6 saturated carbocycles. The molecular formula is C18H24Si2. The fourth-order valence-electron chi connectivity index (χ4n) is 6.62. The highest BCUT2D eigenvalue weighted by Crippen LogP contribution is 3.10. The summed E-state index contributed by atoms with van der Waals surface area (Å²) in [4.78, 5) is 0. The van der Waals surface area contributed by atoms with E-state index >= 15 is 0 Å². The zero-order valence-electron chi connectivity index (χ0n) is 13.5. The fourth-order valence-corrected chi connectivity index (χ4v) is 7.80. The molecule has 20 heavy (non-hydrogen) atoms. The van der Waals surface area contributed by atoms with Crippen LogP contribution in [0, 0.1) is 69.3 Å². The van der Waals surface area contributed by atoms with Gasteiger partial charge in [0, 0.05) is 10.8 Å². The summed E-state index contributed by atoms with van der Waals surface area (Å²) in [6.07, 6.45) is 0. The van der Waals surface area contributed by atoms with E-state index in [1.807, 2.05) is 0 Å². The van der Waals surface area contributed by atoms with Gasteiger partial charge >= 0.3 is 0 Å². The Balaban J connectivity index is 1.42. The van der Waals surface area contributed by atoms with Crippen LogP contribution < -0.4 is 0 Å². The standard InChI is InChI=1S/C18H24Si2/c1-19(2,3)9-7-17-11-14-12(17)16-13(17)15(11)18(14,16)8-10-20(4,5)6/h11-16H,1-6H3. The lowest BCUT2D eigenvalue weighted by atomic mass is 8.92. The molecule has 0 N–H and O–H groups in total. The Labute approximate surface area is 125 Å². The van der Waals surface area contributed by atoms with Crippen LogP contribution in [0.2, 0.25) is 39.3 Å². The van der Waals surface area contributed by atoms with E-state index in [1.54, 1.807) is 0 Å². The lowest BCUT2D eigenvalue weighted by Gasteiger charge is -3.09. The van der Waals surface area contributed by atoms with Gasteiger partial charge in [0.1, 0.15) is 16.1 Å². The van der Waals surface area contributed by atoms with Gasteiger partial charge in [-0.25, -0.2) is 0 Å². The molecule has 6 aliphatic carbocycles. The molecule has 0 aromatic carbocycles. The van der Waals surface area contributed by atoms with Crippen LogP contribution in [0.1, 0.15) is 0 Å². The Kier molecular flexibility index (Phi) is 1.67. The van der Waals surface area contributed by atoms with Crippen LogP contribution in [-0.2, 0) is 0 Å². The summed E-state index contributed by atoms with van der Waals surface area (Å²) in [5, 5.41) is 0. The molecule has 6 aliphatic rings. The molecule has 0 bridgehead atoms. The minimum Gasteiger partial charge on any atom is -0.131 e. The molecule has 6 fully saturated rings. The largest absolute Gasteiger partial charge is 0.131 e. The van der Waals surface area contributed by atoms with Gasteiger partial charge in [0.25, 0.3) is 0 Å². The molecule has 0 saturated heterocycles. The van der Waals surface area contributed by atoms with Gasteiger partial charge in [0.05, 0.1) is 0 Å². The summed E-state index contributed by atoms with van der Waals surface area (Å²) in [5.74, 6) is 13.6. The van der Waals surface area contributed by atoms with Crippen LogP contribution in [0.4, 0.5) is 0 Å². The van der Waals surface area contributed by atoms with Gasteiger partial charge in [-0.3, -0.25) is 0 Å². The molecule has 0 amide bonds. The second-order valence-corrected chi connectivity index (χ2v) is 19.5. The van der Waals surface area contributed by atoms with E-state index in [2.05, 4.69) is 62.2 Å². The van der Waals surface area contributed by atoms with Crippen molar-refractivity contribution in [2.24, 2.45) is 46.3 Å². The first-order chi connectivity index (χ1) is 9.15. The maximum atomic E-state index is 3.81. The average molecular weight is 297 g/mol. The molecule has 0 aromatic rings. The SMILES string of the molecule is C[Si](C)(C)C#CC12C3C4C1C1C2C3C41C#C[Si](C)(C)C. The quantitative estimate of drug-likeness (QED) is 0.474. The summed E-state index contributed by atoms with van der Waals surface area (Å²) < 4.78 is 0. The van der Waals surface area contributed by atoms with Gasteiger partial charge in [-0.05, 0) is 35.5 Å². The summed E-state index contributed by atoms with van der Waals surface area (Å²) >= 11 is 0. The molecule has 2 heteroatoms. The molecule has 104 valence electrons. The summed E-state index contributed by atoms with van der Waals surface area (Å²) in [6.45, 7) is 14.3. The minimum atomic E-state index is -1.20. The van der Waals surface area contributed by atoms with Crippen LogP contribution in [0.3, 0.4) is 0 Å². The van der Waals surface area contributed by atoms with Crippen molar-refractivity contribution >= 4 is 16.1 Å². The normalized spacial score (nSPS) is 58.1. The smallest absolute Gasteiger partial charge is 0.129 e. The van der Waals surface area contributed by atoms with Crippen LogP contribution in [-0.4, -0.2) is 16.1 Å². The van der Waals surface area contributed by atoms with E-state index in [-0.39, 0.29) is 0 Å². The van der Waals surface area contributed by atoms with Gasteiger partial charge in [0.2, 0.25) is 0 Å². The highest BCUT2D eigenvalue weighted by Gasteiger charge is 3.09. The second kappa shape index (κ2) is 2.76. The fraction of sp³-hybridized carbons (Fsp3) is 0.778. The first kappa shape index (κ1) is 12.1. The third-order valence-electron chi connectivity index (χ3n) is 6.94. The van der Waals surface area contributed by atoms with Crippen molar-refractivity contribution in [3.8, 4) is 22.9 Å². The van der Waals surface area contributed by atoms with Crippen LogP contribution in [0.25, 0.3) is 0 Å². The van der Waals surface area contributed by atoms with Crippen molar-refractivity contribution in [1.29, 1.82) is 0 Å². The number of rotatable bonds is 0. The van der Waals surface area contributed by atoms with E-state index in [9.17, 15) is 0 Å². The lowest BCUT2D eigenvalue weighted by Crippen LogP contribution is -3.09. The molecule has 0 spiro atoms. The Morgan fingerprint density at radius 3 is 1.00 bits per heavy atom. The zero-order chi connectivity index (χ0) is 14.3. The van der Waals surface area contributed by atoms with E-state index in [0.29, 0.717) is 10.8 Å². The first-order valence-electron chi connectivity index (χ1n) is 8.23. The Bertz CT molecular complexity index is 551. The van der Waals surface area contributed by atoms with Crippen molar-refractivity contribution in [2.75, 3.05) is 0 Å². The maximum Gasteiger partial charge on any atom is 0.129 e. The molecule has 0 nitrogen and oxygen atoms in total. The van der Waals surface area contributed by atoms with Crippen LogP contribution >= 0.6 is 0 Å². The second-order valence-electron chi connectivity index (χ2n) is 10.0. The van der Waals surface area contributed by atoms with Gasteiger partial charge in [-0.15, -0.1) is 22.9 Å². The van der Waals surface area contributed by atoms with E-state index < -0.39 is 16.1 Å². The molecule has 0 aromatic heterocycles. The lowest BCUT2D eigenvalue weighted by molar-refractivity contribution is -0.624. The first-order valence-corrected chi connectivity index (χ1v) is 15.2. The summed E-state index contributed by atoms with van der Waals surface area (Å²) in [6, 6.07) is 0. The molecule has 0 unspecified atom stereocenters. The monoisotopic (exact) mass is 296 g/mol. The van der Waals surface area contributed by atoms with Crippen molar-refractivity contribution in [3.05, 3.63) is 0 Å². The van der Waals surface area contributed by atoms with E-state index in [4.69, 9.17) is 0 Å². The predicted octanol–water partition coefficient (Wildman–Crippen LogP) is 3.49. The maximum absolute atomic E-state index is 3.81. The topological polar surface area (TPSA) is 0 Å². The van der Waals surface area contributed by atoms with Crippen LogP contribution in [0.15, 0.2) is 0 Å². The van der Waals surface area contributed by atoms with Crippen molar-refractivity contribution in [2.45, 2.75) is 39.3 Å². The van der Waals surface area contributed by atoms with Crippen molar-refractivity contribution in [1.82, 2.24) is 0 Å². The Hall–Kier alpha value is -0.446. The third-order valence-corrected chi connectivity index (χ3v) is 8.69. The van der Waals surface area contributed by atoms with Gasteiger partial charge in [0.15, 0.2) is 0 Å². The highest BCUT2D eigenvalue weighted by molar-refractivity contribution is 6.84.